The van der Waals surface area contributed by atoms with E-state index in [0.717, 1.165) is 26.2 Å². The van der Waals surface area contributed by atoms with Crippen molar-refractivity contribution in [1.29, 1.82) is 0 Å². The Morgan fingerprint density at radius 1 is 1.37 bits per heavy atom. The minimum absolute atomic E-state index is 0.0505. The molecule has 0 amide bonds. The molecule has 1 aromatic rings. The molecule has 27 heavy (non-hydrogen) atoms. The highest BCUT2D eigenvalue weighted by Gasteiger charge is 2.63. The van der Waals surface area contributed by atoms with Crippen LogP contribution < -0.4 is 4.74 Å². The number of methoxy groups -OCH3 is 1. The number of esters is 1. The maximum Gasteiger partial charge on any atom is 0.428 e. The van der Waals surface area contributed by atoms with Crippen molar-refractivity contribution in [2.75, 3.05) is 13.7 Å². The van der Waals surface area contributed by atoms with Gasteiger partial charge in [0.25, 0.3) is 6.43 Å². The van der Waals surface area contributed by atoms with Gasteiger partial charge in [0.15, 0.2) is 0 Å². The average molecular weight is 395 g/mol. The highest BCUT2D eigenvalue weighted by molar-refractivity contribution is 5.98. The fraction of sp³-hybridized carbons (Fsp3) is 0.529. The van der Waals surface area contributed by atoms with Gasteiger partial charge in [0, 0.05) is 17.1 Å². The Hall–Kier alpha value is -2.39. The molecule has 0 aromatic carbocycles. The van der Waals surface area contributed by atoms with E-state index in [1.165, 1.54) is 13.8 Å². The first kappa shape index (κ1) is 20.9. The fourth-order valence-electron chi connectivity index (χ4n) is 2.77. The van der Waals surface area contributed by atoms with Crippen molar-refractivity contribution < 1.29 is 41.0 Å². The molecule has 0 aliphatic carbocycles. The van der Waals surface area contributed by atoms with Crippen molar-refractivity contribution >= 4 is 11.5 Å². The molecule has 0 saturated carbocycles. The van der Waals surface area contributed by atoms with Gasteiger partial charge in [0.1, 0.15) is 5.69 Å². The van der Waals surface area contributed by atoms with Crippen molar-refractivity contribution in [3.05, 3.63) is 29.1 Å². The van der Waals surface area contributed by atoms with Gasteiger partial charge >= 0.3 is 12.1 Å². The molecule has 2 unspecified atom stereocenters. The van der Waals surface area contributed by atoms with Gasteiger partial charge in [-0.1, -0.05) is 6.92 Å². The summed E-state index contributed by atoms with van der Waals surface area (Å²) in [6, 6.07) is 2.08. The fourth-order valence-corrected chi connectivity index (χ4v) is 2.77. The molecule has 1 aromatic heterocycles. The van der Waals surface area contributed by atoms with Crippen LogP contribution in [0.3, 0.4) is 0 Å². The van der Waals surface area contributed by atoms with Crippen LogP contribution in [0, 0.1) is 5.92 Å². The summed E-state index contributed by atoms with van der Waals surface area (Å²) in [5.74, 6) is -3.43. The first-order valence-corrected chi connectivity index (χ1v) is 7.98. The number of pyridine rings is 1. The van der Waals surface area contributed by atoms with E-state index in [9.17, 15) is 26.7 Å². The van der Waals surface area contributed by atoms with Crippen molar-refractivity contribution in [3.8, 4) is 5.88 Å². The lowest BCUT2D eigenvalue weighted by molar-refractivity contribution is -0.262. The average Bonchev–Trinajstić information content (AvgIpc) is 2.87. The van der Waals surface area contributed by atoms with Gasteiger partial charge in [-0.2, -0.15) is 13.2 Å². The molecule has 0 spiro atoms. The zero-order chi connectivity index (χ0) is 20.6. The van der Waals surface area contributed by atoms with Gasteiger partial charge in [-0.3, -0.25) is 0 Å². The first-order valence-electron chi connectivity index (χ1n) is 7.98. The van der Waals surface area contributed by atoms with Crippen LogP contribution in [0.4, 0.5) is 22.0 Å². The van der Waals surface area contributed by atoms with Crippen LogP contribution in [0.2, 0.25) is 0 Å². The molecule has 0 saturated heterocycles. The third-order valence-electron chi connectivity index (χ3n) is 4.43. The standard InChI is InChI=1S/C17H18F5NO4/c1-5-26-15(24)12-11(8(2)16(3,27-12)17(20,21)22)9-6-7-10(13(18)19)23-14(9)25-4/h6-8,13H,5H2,1-4H3. The highest BCUT2D eigenvalue weighted by Crippen LogP contribution is 2.53. The Morgan fingerprint density at radius 2 is 2.00 bits per heavy atom. The van der Waals surface area contributed by atoms with Gasteiger partial charge in [-0.15, -0.1) is 0 Å². The van der Waals surface area contributed by atoms with Gasteiger partial charge in [-0.25, -0.2) is 18.6 Å². The Labute approximate surface area is 152 Å². The zero-order valence-electron chi connectivity index (χ0n) is 15.0. The van der Waals surface area contributed by atoms with E-state index in [1.54, 1.807) is 0 Å². The lowest BCUT2D eigenvalue weighted by Crippen LogP contribution is -2.47. The van der Waals surface area contributed by atoms with Crippen molar-refractivity contribution in [1.82, 2.24) is 4.98 Å². The van der Waals surface area contributed by atoms with E-state index in [1.807, 2.05) is 0 Å². The molecular formula is C17H18F5NO4. The van der Waals surface area contributed by atoms with E-state index in [0.29, 0.717) is 0 Å². The number of alkyl halides is 5. The van der Waals surface area contributed by atoms with Crippen LogP contribution >= 0.6 is 0 Å². The SMILES string of the molecule is CCOC(=O)C1=C(c2ccc(C(F)F)nc2OC)C(C)C(C)(C(F)(F)F)O1. The minimum Gasteiger partial charge on any atom is -0.481 e. The topological polar surface area (TPSA) is 57.7 Å². The number of hydrogen-bond acceptors (Lipinski definition) is 5. The van der Waals surface area contributed by atoms with Crippen LogP contribution in [0.5, 0.6) is 5.88 Å². The van der Waals surface area contributed by atoms with Crippen molar-refractivity contribution in [3.63, 3.8) is 0 Å². The van der Waals surface area contributed by atoms with Crippen LogP contribution in [-0.4, -0.2) is 36.4 Å². The summed E-state index contributed by atoms with van der Waals surface area (Å²) in [6.45, 7) is 3.42. The Bertz CT molecular complexity index is 762. The maximum absolute atomic E-state index is 13.6. The number of carbonyl (C=O) groups is 1. The third kappa shape index (κ3) is 3.57. The normalized spacial score (nSPS) is 22.8. The minimum atomic E-state index is -4.81. The number of aromatic nitrogens is 1. The van der Waals surface area contributed by atoms with E-state index in [2.05, 4.69) is 4.98 Å². The Kier molecular flexibility index (Phi) is 5.67. The predicted molar refractivity (Wildman–Crippen MR) is 84.0 cm³/mol. The Balaban J connectivity index is 2.68. The molecule has 5 nitrogen and oxygen atoms in total. The number of carbonyl (C=O) groups excluding carboxylic acids is 1. The van der Waals surface area contributed by atoms with E-state index >= 15 is 0 Å². The number of halogens is 5. The summed E-state index contributed by atoms with van der Waals surface area (Å²) < 4.78 is 81.4. The molecule has 0 N–H and O–H groups in total. The van der Waals surface area contributed by atoms with Gasteiger partial charge in [0.2, 0.25) is 17.2 Å². The second kappa shape index (κ2) is 7.32. The lowest BCUT2D eigenvalue weighted by Gasteiger charge is -2.32. The predicted octanol–water partition coefficient (Wildman–Crippen LogP) is 4.29. The molecule has 0 radical (unpaired) electrons. The van der Waals surface area contributed by atoms with Crippen molar-refractivity contribution in [2.24, 2.45) is 5.92 Å². The number of ether oxygens (including phenoxy) is 3. The Morgan fingerprint density at radius 3 is 2.48 bits per heavy atom. The zero-order valence-corrected chi connectivity index (χ0v) is 15.0. The largest absolute Gasteiger partial charge is 0.481 e. The molecular weight excluding hydrogens is 377 g/mol. The summed E-state index contributed by atoms with van der Waals surface area (Å²) in [6.07, 6.45) is -7.71. The molecule has 2 rings (SSSR count). The molecule has 2 heterocycles. The molecule has 1 aliphatic heterocycles. The maximum atomic E-state index is 13.6. The molecule has 1 aliphatic rings. The van der Waals surface area contributed by atoms with Crippen LogP contribution in [-0.2, 0) is 14.3 Å². The molecule has 150 valence electrons. The van der Waals surface area contributed by atoms with Crippen molar-refractivity contribution in [2.45, 2.75) is 39.0 Å². The third-order valence-corrected chi connectivity index (χ3v) is 4.43. The van der Waals surface area contributed by atoms with Gasteiger partial charge in [-0.05, 0) is 26.0 Å². The van der Waals surface area contributed by atoms with Gasteiger partial charge < -0.3 is 14.2 Å². The van der Waals surface area contributed by atoms with Crippen LogP contribution in [0.15, 0.2) is 17.9 Å². The van der Waals surface area contributed by atoms with E-state index < -0.39 is 41.5 Å². The van der Waals surface area contributed by atoms with E-state index in [4.69, 9.17) is 14.2 Å². The van der Waals surface area contributed by atoms with Gasteiger partial charge in [0.05, 0.1) is 13.7 Å². The number of nitrogens with zero attached hydrogens (tertiary/aromatic N) is 1. The summed E-state index contributed by atoms with van der Waals surface area (Å²) in [7, 11) is 1.13. The second-order valence-corrected chi connectivity index (χ2v) is 5.99. The number of hydrogen-bond donors (Lipinski definition) is 0. The highest BCUT2D eigenvalue weighted by atomic mass is 19.4. The quantitative estimate of drug-likeness (QED) is 0.550. The smallest absolute Gasteiger partial charge is 0.428 e. The molecule has 0 fully saturated rings. The van der Waals surface area contributed by atoms with E-state index in [-0.39, 0.29) is 23.6 Å². The first-order chi connectivity index (χ1) is 12.5. The van der Waals surface area contributed by atoms with Crippen LogP contribution in [0.1, 0.15) is 38.5 Å². The molecule has 10 heteroatoms. The monoisotopic (exact) mass is 395 g/mol. The second-order valence-electron chi connectivity index (χ2n) is 5.99. The molecule has 2 atom stereocenters. The number of rotatable bonds is 5. The lowest BCUT2D eigenvalue weighted by atomic mass is 9.83. The summed E-state index contributed by atoms with van der Waals surface area (Å²) in [5.41, 5.74) is -3.54. The summed E-state index contributed by atoms with van der Waals surface area (Å²) >= 11 is 0. The molecule has 0 bridgehead atoms. The summed E-state index contributed by atoms with van der Waals surface area (Å²) in [4.78, 5) is 15.8. The van der Waals surface area contributed by atoms with Crippen LogP contribution in [0.25, 0.3) is 5.57 Å². The summed E-state index contributed by atoms with van der Waals surface area (Å²) in [5, 5.41) is 0.